The van der Waals surface area contributed by atoms with Gasteiger partial charge < -0.3 is 19.7 Å². The van der Waals surface area contributed by atoms with Crippen LogP contribution in [-0.4, -0.2) is 59.7 Å². The number of esters is 1. The number of ether oxygens (including phenoxy) is 2. The van der Waals surface area contributed by atoms with Crippen LogP contribution < -0.4 is 0 Å². The number of aliphatic hydroxyl groups excluding tert-OH is 1. The van der Waals surface area contributed by atoms with E-state index in [2.05, 4.69) is 0 Å². The molecule has 190 valence electrons. The van der Waals surface area contributed by atoms with Crippen molar-refractivity contribution in [3.05, 3.63) is 46.9 Å². The number of carbonyl (C=O) groups excluding carboxylic acids is 2. The van der Waals surface area contributed by atoms with E-state index in [1.54, 1.807) is 13.2 Å². The van der Waals surface area contributed by atoms with Gasteiger partial charge in [-0.3, -0.25) is 9.59 Å². The van der Waals surface area contributed by atoms with Gasteiger partial charge in [0.15, 0.2) is 5.78 Å². The molecule has 0 radical (unpaired) electrons. The van der Waals surface area contributed by atoms with Crippen molar-refractivity contribution in [1.29, 1.82) is 0 Å². The lowest BCUT2D eigenvalue weighted by molar-refractivity contribution is -0.140. The van der Waals surface area contributed by atoms with Gasteiger partial charge in [-0.15, -0.1) is 11.8 Å². The van der Waals surface area contributed by atoms with Crippen molar-refractivity contribution in [2.24, 2.45) is 5.92 Å². The molecule has 6 nitrogen and oxygen atoms in total. The molecule has 2 N–H and O–H groups in total. The summed E-state index contributed by atoms with van der Waals surface area (Å²) in [5.41, 5.74) is -0.533. The molecular weight excluding hydrogens is 452 g/mol. The van der Waals surface area contributed by atoms with Crippen LogP contribution in [0.15, 0.2) is 41.3 Å². The third-order valence-electron chi connectivity index (χ3n) is 6.15. The van der Waals surface area contributed by atoms with Crippen molar-refractivity contribution in [2.75, 3.05) is 26.1 Å². The van der Waals surface area contributed by atoms with E-state index < -0.39 is 17.6 Å². The van der Waals surface area contributed by atoms with Gasteiger partial charge >= 0.3 is 5.97 Å². The third kappa shape index (κ3) is 9.53. The number of thioether (sulfide) groups is 1. The molecular formula is C27H40O6S. The zero-order valence-electron chi connectivity index (χ0n) is 20.5. The van der Waals surface area contributed by atoms with E-state index in [4.69, 9.17) is 9.47 Å². The molecule has 0 amide bonds. The van der Waals surface area contributed by atoms with Gasteiger partial charge in [-0.05, 0) is 24.5 Å². The molecule has 0 saturated carbocycles. The molecule has 2 rings (SSSR count). The highest BCUT2D eigenvalue weighted by Crippen LogP contribution is 2.41. The monoisotopic (exact) mass is 492 g/mol. The molecule has 3 atom stereocenters. The van der Waals surface area contributed by atoms with Crippen molar-refractivity contribution in [2.45, 2.75) is 76.4 Å². The van der Waals surface area contributed by atoms with Crippen LogP contribution in [0.2, 0.25) is 0 Å². The molecule has 1 aromatic carbocycles. The number of unbranched alkanes of at least 4 members (excludes halogenated alkanes) is 6. The maximum Gasteiger partial charge on any atom is 0.302 e. The zero-order valence-corrected chi connectivity index (χ0v) is 21.4. The summed E-state index contributed by atoms with van der Waals surface area (Å²) in [4.78, 5) is 24.6. The summed E-state index contributed by atoms with van der Waals surface area (Å²) in [6, 6.07) is 9.53. The molecule has 7 heteroatoms. The number of allylic oxidation sites excluding steroid dienone is 1. The summed E-state index contributed by atoms with van der Waals surface area (Å²) in [6.45, 7) is 2.35. The van der Waals surface area contributed by atoms with Crippen LogP contribution in [0.5, 0.6) is 0 Å². The number of aliphatic hydroxyl groups is 2. The molecule has 0 aromatic heterocycles. The van der Waals surface area contributed by atoms with Gasteiger partial charge in [0.1, 0.15) is 12.2 Å². The van der Waals surface area contributed by atoms with Gasteiger partial charge in [0.2, 0.25) is 0 Å². The molecule has 0 aliphatic heterocycles. The average Bonchev–Trinajstić information content (AvgIpc) is 3.05. The van der Waals surface area contributed by atoms with E-state index in [1.807, 2.05) is 30.3 Å². The Balaban J connectivity index is 1.93. The maximum absolute atomic E-state index is 13.2. The summed E-state index contributed by atoms with van der Waals surface area (Å²) < 4.78 is 10.0. The number of rotatable bonds is 17. The van der Waals surface area contributed by atoms with Crippen LogP contribution in [0.4, 0.5) is 0 Å². The first kappa shape index (κ1) is 28.6. The number of hydrogen-bond acceptors (Lipinski definition) is 7. The van der Waals surface area contributed by atoms with Gasteiger partial charge in [0, 0.05) is 37.7 Å². The molecule has 1 aliphatic rings. The van der Waals surface area contributed by atoms with E-state index in [1.165, 1.54) is 31.5 Å². The molecule has 34 heavy (non-hydrogen) atoms. The topological polar surface area (TPSA) is 93.1 Å². The Morgan fingerprint density at radius 3 is 2.35 bits per heavy atom. The summed E-state index contributed by atoms with van der Waals surface area (Å²) in [6.07, 6.45) is 8.95. The predicted molar refractivity (Wildman–Crippen MR) is 136 cm³/mol. The Kier molecular flexibility index (Phi) is 12.9. The van der Waals surface area contributed by atoms with Crippen molar-refractivity contribution in [1.82, 2.24) is 0 Å². The van der Waals surface area contributed by atoms with Crippen LogP contribution in [-0.2, 0) is 25.5 Å². The molecule has 0 fully saturated rings. The van der Waals surface area contributed by atoms with Gasteiger partial charge in [-0.2, -0.15) is 0 Å². The van der Waals surface area contributed by atoms with Gasteiger partial charge in [0.25, 0.3) is 0 Å². The van der Waals surface area contributed by atoms with Crippen molar-refractivity contribution in [3.63, 3.8) is 0 Å². The van der Waals surface area contributed by atoms with E-state index in [9.17, 15) is 19.8 Å². The fourth-order valence-corrected chi connectivity index (χ4v) is 5.40. The van der Waals surface area contributed by atoms with Crippen LogP contribution in [0.1, 0.15) is 63.9 Å². The van der Waals surface area contributed by atoms with E-state index >= 15 is 0 Å². The Morgan fingerprint density at radius 1 is 1.06 bits per heavy atom. The lowest BCUT2D eigenvalue weighted by atomic mass is 9.79. The fraction of sp³-hybridized carbons (Fsp3) is 0.630. The molecule has 0 heterocycles. The maximum atomic E-state index is 13.2. The second kappa shape index (κ2) is 15.4. The van der Waals surface area contributed by atoms with Crippen LogP contribution >= 0.6 is 11.8 Å². The van der Waals surface area contributed by atoms with Crippen LogP contribution in [0.25, 0.3) is 0 Å². The first-order valence-electron chi connectivity index (χ1n) is 12.3. The van der Waals surface area contributed by atoms with E-state index in [0.717, 1.165) is 44.3 Å². The molecule has 0 spiro atoms. The van der Waals surface area contributed by atoms with Gasteiger partial charge in [-0.25, -0.2) is 0 Å². The zero-order chi connectivity index (χ0) is 24.8. The van der Waals surface area contributed by atoms with Gasteiger partial charge in [0.05, 0.1) is 12.0 Å². The minimum atomic E-state index is -1.44. The first-order valence-corrected chi connectivity index (χ1v) is 13.3. The smallest absolute Gasteiger partial charge is 0.302 e. The molecule has 1 aliphatic carbocycles. The predicted octanol–water partition coefficient (Wildman–Crippen LogP) is 4.47. The Bertz CT molecular complexity index is 781. The number of Topliss-reactive ketones (excluding diaryl/α,β-unsaturated/α-hetero) is 1. The molecule has 0 saturated heterocycles. The molecule has 0 bridgehead atoms. The second-order valence-corrected chi connectivity index (χ2v) is 10.2. The van der Waals surface area contributed by atoms with Gasteiger partial charge in [-0.1, -0.05) is 68.9 Å². The van der Waals surface area contributed by atoms with Crippen molar-refractivity contribution < 1.29 is 29.3 Å². The highest BCUT2D eigenvalue weighted by atomic mass is 32.2. The minimum absolute atomic E-state index is 0.195. The average molecular weight is 493 g/mol. The summed E-state index contributed by atoms with van der Waals surface area (Å²) >= 11 is 1.27. The SMILES string of the molecule is COCCCCCCCCCC(O)C1C(=O)C(SCCOC(C)=O)=CC1(O)Cc1ccccc1. The Labute approximate surface area is 208 Å². The fourth-order valence-electron chi connectivity index (χ4n) is 4.46. The highest BCUT2D eigenvalue weighted by Gasteiger charge is 2.50. The molecule has 1 aromatic rings. The first-order chi connectivity index (χ1) is 16.4. The van der Waals surface area contributed by atoms with E-state index in [-0.39, 0.29) is 24.8 Å². The van der Waals surface area contributed by atoms with Crippen molar-refractivity contribution in [3.8, 4) is 0 Å². The highest BCUT2D eigenvalue weighted by molar-refractivity contribution is 8.04. The quantitative estimate of drug-likeness (QED) is 0.245. The Morgan fingerprint density at radius 2 is 1.71 bits per heavy atom. The summed E-state index contributed by atoms with van der Waals surface area (Å²) in [5.74, 6) is -1.06. The normalized spacial score (nSPS) is 20.9. The van der Waals surface area contributed by atoms with E-state index in [0.29, 0.717) is 17.1 Å². The van der Waals surface area contributed by atoms with Crippen LogP contribution in [0, 0.1) is 5.92 Å². The number of benzene rings is 1. The Hall–Kier alpha value is -1.67. The molecule has 3 unspecified atom stereocenters. The minimum Gasteiger partial charge on any atom is -0.465 e. The number of ketones is 1. The lowest BCUT2D eigenvalue weighted by Gasteiger charge is -2.31. The van der Waals surface area contributed by atoms with Crippen LogP contribution in [0.3, 0.4) is 0 Å². The third-order valence-corrected chi connectivity index (χ3v) is 7.16. The number of hydrogen-bond donors (Lipinski definition) is 2. The second-order valence-electron chi connectivity index (χ2n) is 9.02. The largest absolute Gasteiger partial charge is 0.465 e. The summed E-state index contributed by atoms with van der Waals surface area (Å²) in [5, 5.41) is 22.5. The number of carbonyl (C=O) groups is 2. The summed E-state index contributed by atoms with van der Waals surface area (Å²) in [7, 11) is 1.72. The lowest BCUT2D eigenvalue weighted by Crippen LogP contribution is -2.45. The standard InChI is InChI=1S/C27H40O6S/c1-21(28)33-17-18-34-24-20-27(31,19-22-13-9-8-10-14-22)25(26(24)30)23(29)15-11-6-4-3-5-7-12-16-32-2/h8-10,13-14,20,23,25,29,31H,3-7,11-12,15-19H2,1-2H3. The number of methoxy groups -OCH3 is 1. The van der Waals surface area contributed by atoms with Crippen molar-refractivity contribution >= 4 is 23.5 Å².